The first-order chi connectivity index (χ1) is 10.2. The first kappa shape index (κ1) is 15.5. The number of aromatic nitrogens is 2. The van der Waals surface area contributed by atoms with Gasteiger partial charge in [0.25, 0.3) is 0 Å². The Hall–Kier alpha value is -1.85. The van der Waals surface area contributed by atoms with E-state index in [1.807, 2.05) is 17.1 Å². The highest BCUT2D eigenvalue weighted by Crippen LogP contribution is 2.12. The molecule has 0 radical (unpaired) electrons. The van der Waals surface area contributed by atoms with Crippen LogP contribution in [0.15, 0.2) is 43.0 Å². The van der Waals surface area contributed by atoms with Crippen molar-refractivity contribution in [3.8, 4) is 0 Å². The summed E-state index contributed by atoms with van der Waals surface area (Å²) >= 11 is 5.79. The predicted octanol–water partition coefficient (Wildman–Crippen LogP) is 2.54. The van der Waals surface area contributed by atoms with Crippen LogP contribution >= 0.6 is 11.6 Å². The van der Waals surface area contributed by atoms with E-state index < -0.39 is 0 Å². The number of rotatable bonds is 8. The van der Waals surface area contributed by atoms with Crippen LogP contribution < -0.4 is 10.6 Å². The van der Waals surface area contributed by atoms with E-state index in [2.05, 4.69) is 15.6 Å². The average Bonchev–Trinajstić information content (AvgIpc) is 2.98. The van der Waals surface area contributed by atoms with Crippen LogP contribution in [0.3, 0.4) is 0 Å². The van der Waals surface area contributed by atoms with Gasteiger partial charge in [0.05, 0.1) is 12.9 Å². The minimum Gasteiger partial charge on any atom is -0.337 e. The number of nitrogens with one attached hydrogen (secondary N) is 2. The van der Waals surface area contributed by atoms with E-state index in [1.165, 1.54) is 0 Å². The normalized spacial score (nSPS) is 10.5. The molecule has 0 unspecified atom stereocenters. The minimum atomic E-state index is -0.0491. The van der Waals surface area contributed by atoms with Crippen molar-refractivity contribution in [2.24, 2.45) is 0 Å². The number of nitrogens with zero attached hydrogens (tertiary/aromatic N) is 2. The van der Waals surface area contributed by atoms with Gasteiger partial charge in [-0.1, -0.05) is 11.6 Å². The molecular formula is C15H19ClN4O. The summed E-state index contributed by atoms with van der Waals surface area (Å²) in [6.45, 7) is 2.09. The fourth-order valence-corrected chi connectivity index (χ4v) is 2.03. The zero-order valence-corrected chi connectivity index (χ0v) is 12.5. The van der Waals surface area contributed by atoms with Crippen LogP contribution in [0, 0.1) is 0 Å². The number of anilines is 1. The lowest BCUT2D eigenvalue weighted by Gasteiger charge is -2.07. The van der Waals surface area contributed by atoms with Crippen LogP contribution in [-0.2, 0) is 11.3 Å². The number of amides is 1. The van der Waals surface area contributed by atoms with Crippen molar-refractivity contribution in [2.75, 3.05) is 18.4 Å². The smallest absolute Gasteiger partial charge is 0.238 e. The molecule has 1 aromatic heterocycles. The lowest BCUT2D eigenvalue weighted by Crippen LogP contribution is -2.28. The van der Waals surface area contributed by atoms with Crippen LogP contribution in [0.2, 0.25) is 5.02 Å². The number of hydrogen-bond acceptors (Lipinski definition) is 3. The van der Waals surface area contributed by atoms with Crippen molar-refractivity contribution < 1.29 is 4.79 Å². The topological polar surface area (TPSA) is 59.0 Å². The van der Waals surface area contributed by atoms with Gasteiger partial charge in [-0.2, -0.15) is 0 Å². The third-order valence-electron chi connectivity index (χ3n) is 2.99. The summed E-state index contributed by atoms with van der Waals surface area (Å²) in [4.78, 5) is 15.7. The molecule has 0 spiro atoms. The van der Waals surface area contributed by atoms with Gasteiger partial charge >= 0.3 is 0 Å². The summed E-state index contributed by atoms with van der Waals surface area (Å²) in [6, 6.07) is 7.07. The van der Waals surface area contributed by atoms with Crippen LogP contribution in [-0.4, -0.2) is 28.5 Å². The number of benzene rings is 1. The Morgan fingerprint density at radius 3 is 2.76 bits per heavy atom. The number of halogens is 1. The van der Waals surface area contributed by atoms with Crippen molar-refractivity contribution in [3.63, 3.8) is 0 Å². The van der Waals surface area contributed by atoms with Gasteiger partial charge in [-0.3, -0.25) is 4.79 Å². The Bertz CT molecular complexity index is 539. The standard InChI is InChI=1S/C15H19ClN4O/c16-13-3-5-14(6-4-13)19-15(21)11-17-7-1-2-9-20-10-8-18-12-20/h3-6,8,10,12,17H,1-2,7,9,11H2,(H,19,21). The zero-order valence-electron chi connectivity index (χ0n) is 11.8. The molecule has 1 heterocycles. The number of carbonyl (C=O) groups is 1. The molecule has 0 saturated carbocycles. The second-order valence-electron chi connectivity index (χ2n) is 4.74. The highest BCUT2D eigenvalue weighted by atomic mass is 35.5. The largest absolute Gasteiger partial charge is 0.337 e. The molecule has 0 saturated heterocycles. The Kier molecular flexibility index (Phi) is 6.24. The van der Waals surface area contributed by atoms with Crippen molar-refractivity contribution in [1.29, 1.82) is 0 Å². The Labute approximate surface area is 129 Å². The molecule has 5 nitrogen and oxygen atoms in total. The number of aryl methyl sites for hydroxylation is 1. The van der Waals surface area contributed by atoms with Crippen molar-refractivity contribution >= 4 is 23.2 Å². The van der Waals surface area contributed by atoms with Gasteiger partial charge in [-0.15, -0.1) is 0 Å². The SMILES string of the molecule is O=C(CNCCCCn1ccnc1)Nc1ccc(Cl)cc1. The Morgan fingerprint density at radius 1 is 1.24 bits per heavy atom. The molecule has 2 rings (SSSR count). The molecule has 2 N–H and O–H groups in total. The maximum Gasteiger partial charge on any atom is 0.238 e. The summed E-state index contributed by atoms with van der Waals surface area (Å²) in [6.07, 6.45) is 7.62. The van der Waals surface area contributed by atoms with E-state index in [9.17, 15) is 4.79 Å². The van der Waals surface area contributed by atoms with Crippen LogP contribution in [0.1, 0.15) is 12.8 Å². The molecule has 2 aromatic rings. The predicted molar refractivity (Wildman–Crippen MR) is 84.4 cm³/mol. The molecule has 0 bridgehead atoms. The van der Waals surface area contributed by atoms with Crippen LogP contribution in [0.25, 0.3) is 0 Å². The summed E-state index contributed by atoms with van der Waals surface area (Å²) in [7, 11) is 0. The maximum atomic E-state index is 11.7. The van der Waals surface area contributed by atoms with Gasteiger partial charge in [-0.05, 0) is 43.7 Å². The molecular weight excluding hydrogens is 288 g/mol. The van der Waals surface area contributed by atoms with Gasteiger partial charge in [0, 0.05) is 29.6 Å². The second-order valence-corrected chi connectivity index (χ2v) is 5.18. The average molecular weight is 307 g/mol. The molecule has 0 aliphatic rings. The Balaban J connectivity index is 1.54. The van der Waals surface area contributed by atoms with E-state index >= 15 is 0 Å². The van der Waals surface area contributed by atoms with Crippen LogP contribution in [0.5, 0.6) is 0 Å². The number of carbonyl (C=O) groups excluding carboxylic acids is 1. The zero-order chi connectivity index (χ0) is 14.9. The molecule has 1 amide bonds. The summed E-state index contributed by atoms with van der Waals surface area (Å²) in [5, 5.41) is 6.60. The van der Waals surface area contributed by atoms with E-state index in [4.69, 9.17) is 11.6 Å². The molecule has 0 fully saturated rings. The molecule has 0 aliphatic carbocycles. The number of imidazole rings is 1. The first-order valence-corrected chi connectivity index (χ1v) is 7.34. The Morgan fingerprint density at radius 2 is 2.05 bits per heavy atom. The quantitative estimate of drug-likeness (QED) is 0.737. The molecule has 112 valence electrons. The number of unbranched alkanes of at least 4 members (excludes halogenated alkanes) is 1. The van der Waals surface area contributed by atoms with E-state index in [-0.39, 0.29) is 5.91 Å². The van der Waals surface area contributed by atoms with E-state index in [1.54, 1.807) is 30.5 Å². The molecule has 0 aliphatic heterocycles. The minimum absolute atomic E-state index is 0.0491. The first-order valence-electron chi connectivity index (χ1n) is 6.96. The third-order valence-corrected chi connectivity index (χ3v) is 3.24. The van der Waals surface area contributed by atoms with Gasteiger partial charge in [-0.25, -0.2) is 4.98 Å². The van der Waals surface area contributed by atoms with Gasteiger partial charge in [0.1, 0.15) is 0 Å². The monoisotopic (exact) mass is 306 g/mol. The fourth-order valence-electron chi connectivity index (χ4n) is 1.90. The summed E-state index contributed by atoms with van der Waals surface area (Å²) < 4.78 is 2.05. The molecule has 0 atom stereocenters. The summed E-state index contributed by atoms with van der Waals surface area (Å²) in [5.41, 5.74) is 0.756. The number of hydrogen-bond donors (Lipinski definition) is 2. The van der Waals surface area contributed by atoms with Gasteiger partial charge in [0.15, 0.2) is 0 Å². The van der Waals surface area contributed by atoms with Crippen LogP contribution in [0.4, 0.5) is 5.69 Å². The lowest BCUT2D eigenvalue weighted by molar-refractivity contribution is -0.115. The van der Waals surface area contributed by atoms with Crippen molar-refractivity contribution in [3.05, 3.63) is 48.0 Å². The van der Waals surface area contributed by atoms with Gasteiger partial charge < -0.3 is 15.2 Å². The lowest BCUT2D eigenvalue weighted by atomic mass is 10.3. The molecule has 21 heavy (non-hydrogen) atoms. The molecule has 6 heteroatoms. The fraction of sp³-hybridized carbons (Fsp3) is 0.333. The maximum absolute atomic E-state index is 11.7. The van der Waals surface area contributed by atoms with E-state index in [0.29, 0.717) is 11.6 Å². The van der Waals surface area contributed by atoms with Crippen molar-refractivity contribution in [1.82, 2.24) is 14.9 Å². The third kappa shape index (κ3) is 5.97. The highest BCUT2D eigenvalue weighted by Gasteiger charge is 2.01. The van der Waals surface area contributed by atoms with Gasteiger partial charge in [0.2, 0.25) is 5.91 Å². The second kappa shape index (κ2) is 8.44. The summed E-state index contributed by atoms with van der Waals surface area (Å²) in [5.74, 6) is -0.0491. The van der Waals surface area contributed by atoms with Crippen molar-refractivity contribution in [2.45, 2.75) is 19.4 Å². The molecule has 1 aromatic carbocycles. The highest BCUT2D eigenvalue weighted by molar-refractivity contribution is 6.30. The van der Waals surface area contributed by atoms with E-state index in [0.717, 1.165) is 31.6 Å².